The van der Waals surface area contributed by atoms with Crippen LogP contribution in [0.25, 0.3) is 0 Å². The van der Waals surface area contributed by atoms with Crippen LogP contribution in [0.4, 0.5) is 0 Å². The van der Waals surface area contributed by atoms with Gasteiger partial charge in [-0.2, -0.15) is 0 Å². The molecule has 0 spiro atoms. The number of ether oxygens (including phenoxy) is 2. The molecule has 5 heteroatoms. The van der Waals surface area contributed by atoms with Crippen molar-refractivity contribution in [2.75, 3.05) is 26.4 Å². The first kappa shape index (κ1) is 10.4. The van der Waals surface area contributed by atoms with Crippen molar-refractivity contribution < 1.29 is 14.3 Å². The number of fused-ring (bicyclic) bond motifs is 1. The molecule has 1 fully saturated rings. The predicted molar refractivity (Wildman–Crippen MR) is 61.3 cm³/mol. The van der Waals surface area contributed by atoms with E-state index < -0.39 is 0 Å². The van der Waals surface area contributed by atoms with Gasteiger partial charge >= 0.3 is 0 Å². The predicted octanol–water partition coefficient (Wildman–Crippen LogP) is 0.364. The molecule has 0 atom stereocenters. The highest BCUT2D eigenvalue weighted by Crippen LogP contribution is 2.35. The topological polar surface area (TPSA) is 59.6 Å². The second-order valence-corrected chi connectivity index (χ2v) is 4.27. The van der Waals surface area contributed by atoms with Gasteiger partial charge in [0.15, 0.2) is 11.5 Å². The SMILES string of the molecule is O=C(NCC1CNC1)c1cccc2c1OCO2. The minimum Gasteiger partial charge on any atom is -0.454 e. The van der Waals surface area contributed by atoms with E-state index >= 15 is 0 Å². The first-order valence-electron chi connectivity index (χ1n) is 5.72. The van der Waals surface area contributed by atoms with Gasteiger partial charge in [0.05, 0.1) is 5.56 Å². The Labute approximate surface area is 99.1 Å². The second-order valence-electron chi connectivity index (χ2n) is 4.27. The van der Waals surface area contributed by atoms with Gasteiger partial charge in [0.2, 0.25) is 6.79 Å². The van der Waals surface area contributed by atoms with E-state index in [0.717, 1.165) is 13.1 Å². The minimum absolute atomic E-state index is 0.0979. The number of rotatable bonds is 3. The van der Waals surface area contributed by atoms with E-state index in [1.54, 1.807) is 18.2 Å². The fourth-order valence-corrected chi connectivity index (χ4v) is 1.93. The Balaban J connectivity index is 1.70. The zero-order valence-electron chi connectivity index (χ0n) is 9.36. The molecular weight excluding hydrogens is 220 g/mol. The Morgan fingerprint density at radius 1 is 1.41 bits per heavy atom. The molecule has 0 aromatic heterocycles. The fraction of sp³-hybridized carbons (Fsp3) is 0.417. The van der Waals surface area contributed by atoms with Crippen LogP contribution < -0.4 is 20.1 Å². The van der Waals surface area contributed by atoms with Crippen LogP contribution in [0, 0.1) is 5.92 Å². The largest absolute Gasteiger partial charge is 0.454 e. The van der Waals surface area contributed by atoms with Gasteiger partial charge in [0, 0.05) is 25.6 Å². The van der Waals surface area contributed by atoms with Crippen LogP contribution in [0.15, 0.2) is 18.2 Å². The summed E-state index contributed by atoms with van der Waals surface area (Å²) in [7, 11) is 0. The van der Waals surface area contributed by atoms with Crippen LogP contribution in [0.5, 0.6) is 11.5 Å². The van der Waals surface area contributed by atoms with Crippen molar-refractivity contribution in [2.45, 2.75) is 0 Å². The van der Waals surface area contributed by atoms with Crippen LogP contribution in [0.1, 0.15) is 10.4 Å². The number of benzene rings is 1. The summed E-state index contributed by atoms with van der Waals surface area (Å²) in [4.78, 5) is 12.0. The summed E-state index contributed by atoms with van der Waals surface area (Å²) in [5, 5.41) is 6.09. The third kappa shape index (κ3) is 1.93. The van der Waals surface area contributed by atoms with Crippen molar-refractivity contribution in [3.05, 3.63) is 23.8 Å². The van der Waals surface area contributed by atoms with Gasteiger partial charge in [0.25, 0.3) is 5.91 Å². The lowest BCUT2D eigenvalue weighted by molar-refractivity contribution is 0.0937. The van der Waals surface area contributed by atoms with Gasteiger partial charge < -0.3 is 20.1 Å². The molecule has 0 radical (unpaired) electrons. The summed E-state index contributed by atoms with van der Waals surface area (Å²) in [6.07, 6.45) is 0. The van der Waals surface area contributed by atoms with Gasteiger partial charge in [-0.3, -0.25) is 4.79 Å². The van der Waals surface area contributed by atoms with E-state index in [0.29, 0.717) is 29.5 Å². The molecule has 0 unspecified atom stereocenters. The summed E-state index contributed by atoms with van der Waals surface area (Å²) in [5.74, 6) is 1.65. The molecule has 1 aromatic rings. The molecule has 2 heterocycles. The normalized spacial score (nSPS) is 17.6. The van der Waals surface area contributed by atoms with Crippen molar-refractivity contribution >= 4 is 5.91 Å². The van der Waals surface area contributed by atoms with Crippen LogP contribution in [-0.4, -0.2) is 32.3 Å². The monoisotopic (exact) mass is 234 g/mol. The average molecular weight is 234 g/mol. The van der Waals surface area contributed by atoms with Gasteiger partial charge in [0.1, 0.15) is 0 Å². The molecule has 0 bridgehead atoms. The molecule has 1 aromatic carbocycles. The number of carbonyl (C=O) groups excluding carboxylic acids is 1. The first-order valence-corrected chi connectivity index (χ1v) is 5.72. The van der Waals surface area contributed by atoms with Crippen molar-refractivity contribution in [3.8, 4) is 11.5 Å². The van der Waals surface area contributed by atoms with Crippen molar-refractivity contribution in [3.63, 3.8) is 0 Å². The van der Waals surface area contributed by atoms with E-state index in [4.69, 9.17) is 9.47 Å². The molecule has 17 heavy (non-hydrogen) atoms. The Bertz CT molecular complexity index is 443. The van der Waals surface area contributed by atoms with E-state index in [2.05, 4.69) is 10.6 Å². The standard InChI is InChI=1S/C12H14N2O3/c15-12(14-6-8-4-13-5-8)9-2-1-3-10-11(9)17-7-16-10/h1-3,8,13H,4-7H2,(H,14,15). The Morgan fingerprint density at radius 3 is 3.06 bits per heavy atom. The molecule has 0 aliphatic carbocycles. The number of nitrogens with one attached hydrogen (secondary N) is 2. The maximum Gasteiger partial charge on any atom is 0.255 e. The molecule has 0 saturated carbocycles. The first-order chi connectivity index (χ1) is 8.34. The molecule has 2 aliphatic heterocycles. The van der Waals surface area contributed by atoms with Gasteiger partial charge in [-0.15, -0.1) is 0 Å². The summed E-state index contributed by atoms with van der Waals surface area (Å²) in [5.41, 5.74) is 0.548. The van der Waals surface area contributed by atoms with Gasteiger partial charge in [-0.1, -0.05) is 6.07 Å². The number of carbonyl (C=O) groups is 1. The highest BCUT2D eigenvalue weighted by molar-refractivity contribution is 5.97. The molecule has 3 rings (SSSR count). The van der Waals surface area contributed by atoms with E-state index in [1.165, 1.54) is 0 Å². The van der Waals surface area contributed by atoms with Crippen molar-refractivity contribution in [1.29, 1.82) is 0 Å². The molecule has 2 aliphatic rings. The van der Waals surface area contributed by atoms with Crippen LogP contribution in [0.3, 0.4) is 0 Å². The Hall–Kier alpha value is -1.75. The maximum absolute atomic E-state index is 12.0. The number of para-hydroxylation sites is 1. The zero-order chi connectivity index (χ0) is 11.7. The minimum atomic E-state index is -0.0979. The number of amides is 1. The lowest BCUT2D eigenvalue weighted by Crippen LogP contribution is -2.48. The highest BCUT2D eigenvalue weighted by atomic mass is 16.7. The van der Waals surface area contributed by atoms with Crippen LogP contribution in [-0.2, 0) is 0 Å². The molecule has 2 N–H and O–H groups in total. The fourth-order valence-electron chi connectivity index (χ4n) is 1.93. The van der Waals surface area contributed by atoms with Gasteiger partial charge in [-0.05, 0) is 12.1 Å². The molecular formula is C12H14N2O3. The van der Waals surface area contributed by atoms with E-state index in [9.17, 15) is 4.79 Å². The smallest absolute Gasteiger partial charge is 0.255 e. The van der Waals surface area contributed by atoms with E-state index in [-0.39, 0.29) is 12.7 Å². The van der Waals surface area contributed by atoms with Gasteiger partial charge in [-0.25, -0.2) is 0 Å². The molecule has 1 amide bonds. The third-order valence-electron chi connectivity index (χ3n) is 3.06. The quantitative estimate of drug-likeness (QED) is 0.793. The zero-order valence-corrected chi connectivity index (χ0v) is 9.36. The number of hydrogen-bond acceptors (Lipinski definition) is 4. The van der Waals surface area contributed by atoms with Crippen molar-refractivity contribution in [2.24, 2.45) is 5.92 Å². The summed E-state index contributed by atoms with van der Waals surface area (Å²) >= 11 is 0. The summed E-state index contributed by atoms with van der Waals surface area (Å²) in [6, 6.07) is 5.35. The highest BCUT2D eigenvalue weighted by Gasteiger charge is 2.23. The third-order valence-corrected chi connectivity index (χ3v) is 3.06. The molecule has 90 valence electrons. The van der Waals surface area contributed by atoms with E-state index in [1.807, 2.05) is 0 Å². The van der Waals surface area contributed by atoms with Crippen molar-refractivity contribution in [1.82, 2.24) is 10.6 Å². The average Bonchev–Trinajstić information content (AvgIpc) is 2.74. The second kappa shape index (κ2) is 4.25. The number of hydrogen-bond donors (Lipinski definition) is 2. The lowest BCUT2D eigenvalue weighted by atomic mass is 10.0. The molecule has 1 saturated heterocycles. The van der Waals surface area contributed by atoms with Crippen LogP contribution >= 0.6 is 0 Å². The molecule has 5 nitrogen and oxygen atoms in total. The Morgan fingerprint density at radius 2 is 2.29 bits per heavy atom. The maximum atomic E-state index is 12.0. The summed E-state index contributed by atoms with van der Waals surface area (Å²) < 4.78 is 10.5. The summed E-state index contributed by atoms with van der Waals surface area (Å²) in [6.45, 7) is 2.85. The lowest BCUT2D eigenvalue weighted by Gasteiger charge is -2.27. The Kier molecular flexibility index (Phi) is 2.60. The van der Waals surface area contributed by atoms with Crippen LogP contribution in [0.2, 0.25) is 0 Å².